The second-order valence-corrected chi connectivity index (χ2v) is 6.86. The molecule has 0 aliphatic rings. The van der Waals surface area contributed by atoms with Crippen molar-refractivity contribution in [2.24, 2.45) is 0 Å². The summed E-state index contributed by atoms with van der Waals surface area (Å²) in [4.78, 5) is 11.9. The van der Waals surface area contributed by atoms with E-state index in [0.29, 0.717) is 5.56 Å². The first-order valence-electron chi connectivity index (χ1n) is 6.91. The quantitative estimate of drug-likeness (QED) is 0.880. The summed E-state index contributed by atoms with van der Waals surface area (Å²) in [5.74, 6) is -1.23. The van der Waals surface area contributed by atoms with Gasteiger partial charge in [-0.1, -0.05) is 24.3 Å². The van der Waals surface area contributed by atoms with E-state index in [9.17, 15) is 17.6 Å². The van der Waals surface area contributed by atoms with Crippen molar-refractivity contribution in [3.63, 3.8) is 0 Å². The zero-order valence-corrected chi connectivity index (χ0v) is 13.6. The Morgan fingerprint density at radius 1 is 1.13 bits per heavy atom. The first-order valence-corrected chi connectivity index (χ1v) is 8.39. The van der Waals surface area contributed by atoms with Gasteiger partial charge < -0.3 is 5.32 Å². The van der Waals surface area contributed by atoms with E-state index in [4.69, 9.17) is 0 Å². The van der Waals surface area contributed by atoms with Crippen LogP contribution in [0.1, 0.15) is 11.1 Å². The van der Waals surface area contributed by atoms with Gasteiger partial charge in [-0.2, -0.15) is 0 Å². The Morgan fingerprint density at radius 2 is 1.83 bits per heavy atom. The largest absolute Gasteiger partial charge is 0.322 e. The number of carbonyl (C=O) groups excluding carboxylic acids is 1. The lowest BCUT2D eigenvalue weighted by molar-refractivity contribution is -0.115. The maximum absolute atomic E-state index is 13.4. The predicted octanol–water partition coefficient (Wildman–Crippen LogP) is 2.36. The van der Waals surface area contributed by atoms with E-state index in [1.807, 2.05) is 0 Å². The van der Waals surface area contributed by atoms with Crippen LogP contribution in [0.15, 0.2) is 47.4 Å². The monoisotopic (exact) mass is 336 g/mol. The smallest absolute Gasteiger partial charge is 0.241 e. The van der Waals surface area contributed by atoms with Crippen LogP contribution in [0.5, 0.6) is 0 Å². The molecule has 0 bridgehead atoms. The van der Waals surface area contributed by atoms with E-state index in [1.165, 1.54) is 24.3 Å². The van der Waals surface area contributed by atoms with Gasteiger partial charge in [0.2, 0.25) is 15.9 Å². The van der Waals surface area contributed by atoms with Crippen LogP contribution >= 0.6 is 0 Å². The van der Waals surface area contributed by atoms with Gasteiger partial charge in [-0.05, 0) is 43.2 Å². The maximum Gasteiger partial charge on any atom is 0.241 e. The van der Waals surface area contributed by atoms with Crippen molar-refractivity contribution in [2.45, 2.75) is 18.7 Å². The molecular weight excluding hydrogens is 319 g/mol. The molecule has 1 amide bonds. The Hall–Kier alpha value is -2.25. The van der Waals surface area contributed by atoms with Crippen molar-refractivity contribution in [2.75, 3.05) is 11.9 Å². The molecule has 0 aliphatic carbocycles. The third-order valence-corrected chi connectivity index (χ3v) is 4.75. The molecule has 2 rings (SSSR count). The van der Waals surface area contributed by atoms with Gasteiger partial charge in [-0.15, -0.1) is 0 Å². The number of para-hydroxylation sites is 1. The van der Waals surface area contributed by atoms with Crippen molar-refractivity contribution in [3.05, 3.63) is 59.4 Å². The summed E-state index contributed by atoms with van der Waals surface area (Å²) in [6, 6.07) is 10.7. The van der Waals surface area contributed by atoms with E-state index in [-0.39, 0.29) is 10.6 Å². The fourth-order valence-electron chi connectivity index (χ4n) is 1.99. The summed E-state index contributed by atoms with van der Waals surface area (Å²) in [6.45, 7) is 2.97. The lowest BCUT2D eigenvalue weighted by atomic mass is 10.2. The molecule has 0 aliphatic heterocycles. The highest BCUT2D eigenvalue weighted by Gasteiger charge is 2.18. The van der Waals surface area contributed by atoms with Crippen LogP contribution in [0.3, 0.4) is 0 Å². The lowest BCUT2D eigenvalue weighted by Gasteiger charge is -2.10. The van der Waals surface area contributed by atoms with Crippen molar-refractivity contribution < 1.29 is 17.6 Å². The molecule has 5 nitrogen and oxygen atoms in total. The van der Waals surface area contributed by atoms with Crippen LogP contribution in [-0.4, -0.2) is 20.9 Å². The molecule has 2 aromatic rings. The van der Waals surface area contributed by atoms with E-state index >= 15 is 0 Å². The minimum Gasteiger partial charge on any atom is -0.322 e. The van der Waals surface area contributed by atoms with Gasteiger partial charge in [-0.3, -0.25) is 4.79 Å². The SMILES string of the molecule is Cc1ccc(C)c(S(=O)(=O)NCC(=O)Nc2ccccc2F)c1. The second-order valence-electron chi connectivity index (χ2n) is 5.12. The van der Waals surface area contributed by atoms with Crippen LogP contribution in [-0.2, 0) is 14.8 Å². The van der Waals surface area contributed by atoms with Crippen LogP contribution in [0.25, 0.3) is 0 Å². The van der Waals surface area contributed by atoms with Gasteiger partial charge in [-0.25, -0.2) is 17.5 Å². The Bertz CT molecular complexity index is 835. The number of aryl methyl sites for hydroxylation is 2. The van der Waals surface area contributed by atoms with E-state index in [2.05, 4.69) is 10.0 Å². The number of hydrogen-bond donors (Lipinski definition) is 2. The number of halogens is 1. The second kappa shape index (κ2) is 6.89. The molecule has 0 spiro atoms. The highest BCUT2D eigenvalue weighted by molar-refractivity contribution is 7.89. The number of amides is 1. The molecule has 0 unspecified atom stereocenters. The molecule has 0 fully saturated rings. The Kier molecular flexibility index (Phi) is 5.12. The van der Waals surface area contributed by atoms with Crippen molar-refractivity contribution in [3.8, 4) is 0 Å². The topological polar surface area (TPSA) is 75.3 Å². The van der Waals surface area contributed by atoms with Crippen LogP contribution < -0.4 is 10.0 Å². The molecule has 122 valence electrons. The number of anilines is 1. The van der Waals surface area contributed by atoms with Gasteiger partial charge in [0.1, 0.15) is 5.82 Å². The molecule has 23 heavy (non-hydrogen) atoms. The summed E-state index contributed by atoms with van der Waals surface area (Å²) >= 11 is 0. The number of nitrogens with one attached hydrogen (secondary N) is 2. The van der Waals surface area contributed by atoms with Crippen molar-refractivity contribution in [1.29, 1.82) is 0 Å². The summed E-state index contributed by atoms with van der Waals surface area (Å²) in [5.41, 5.74) is 1.38. The molecule has 0 heterocycles. The van der Waals surface area contributed by atoms with E-state index in [1.54, 1.807) is 32.0 Å². The Morgan fingerprint density at radius 3 is 2.52 bits per heavy atom. The summed E-state index contributed by atoms with van der Waals surface area (Å²) in [6.07, 6.45) is 0. The number of hydrogen-bond acceptors (Lipinski definition) is 3. The number of carbonyl (C=O) groups is 1. The Balaban J connectivity index is 2.06. The van der Waals surface area contributed by atoms with Crippen molar-refractivity contribution >= 4 is 21.6 Å². The molecule has 2 aromatic carbocycles. The number of sulfonamides is 1. The molecular formula is C16H17FN2O3S. The predicted molar refractivity (Wildman–Crippen MR) is 86.1 cm³/mol. The fourth-order valence-corrected chi connectivity index (χ4v) is 3.30. The third kappa shape index (κ3) is 4.37. The minimum absolute atomic E-state index is 0.00318. The molecule has 7 heteroatoms. The molecule has 0 radical (unpaired) electrons. The van der Waals surface area contributed by atoms with Crippen molar-refractivity contribution in [1.82, 2.24) is 4.72 Å². The summed E-state index contributed by atoms with van der Waals surface area (Å²) in [7, 11) is -3.82. The van der Waals surface area contributed by atoms with Crippen LogP contribution in [0.4, 0.5) is 10.1 Å². The summed E-state index contributed by atoms with van der Waals surface area (Å²) < 4.78 is 40.2. The lowest BCUT2D eigenvalue weighted by Crippen LogP contribution is -2.33. The van der Waals surface area contributed by atoms with Crippen LogP contribution in [0.2, 0.25) is 0 Å². The molecule has 0 saturated carbocycles. The fraction of sp³-hybridized carbons (Fsp3) is 0.188. The highest BCUT2D eigenvalue weighted by atomic mass is 32.2. The zero-order chi connectivity index (χ0) is 17.0. The third-order valence-electron chi connectivity index (χ3n) is 3.20. The van der Waals surface area contributed by atoms with E-state index in [0.717, 1.165) is 5.56 Å². The minimum atomic E-state index is -3.82. The van der Waals surface area contributed by atoms with Gasteiger partial charge in [0.25, 0.3) is 0 Å². The zero-order valence-electron chi connectivity index (χ0n) is 12.8. The van der Waals surface area contributed by atoms with Gasteiger partial charge in [0, 0.05) is 0 Å². The average Bonchev–Trinajstić information content (AvgIpc) is 2.50. The highest BCUT2D eigenvalue weighted by Crippen LogP contribution is 2.16. The molecule has 0 saturated heterocycles. The normalized spacial score (nSPS) is 11.3. The molecule has 0 atom stereocenters. The Labute approximate surface area is 134 Å². The molecule has 0 aromatic heterocycles. The van der Waals surface area contributed by atoms with E-state index < -0.39 is 28.3 Å². The first kappa shape index (κ1) is 17.1. The average molecular weight is 336 g/mol. The van der Waals surface area contributed by atoms with Crippen LogP contribution in [0, 0.1) is 19.7 Å². The first-order chi connectivity index (χ1) is 10.8. The van der Waals surface area contributed by atoms with Gasteiger partial charge in [0.15, 0.2) is 0 Å². The number of rotatable bonds is 5. The maximum atomic E-state index is 13.4. The van der Waals surface area contributed by atoms with Gasteiger partial charge >= 0.3 is 0 Å². The standard InChI is InChI=1S/C16H17FN2O3S/c1-11-7-8-12(2)15(9-11)23(21,22)18-10-16(20)19-14-6-4-3-5-13(14)17/h3-9,18H,10H2,1-2H3,(H,19,20). The number of benzene rings is 2. The van der Waals surface area contributed by atoms with Gasteiger partial charge in [0.05, 0.1) is 17.1 Å². The molecule has 2 N–H and O–H groups in total. The summed E-state index contributed by atoms with van der Waals surface area (Å²) in [5, 5.41) is 2.32.